The Hall–Kier alpha value is -0.890. The Bertz CT molecular complexity index is 339. The van der Waals surface area contributed by atoms with Gasteiger partial charge in [-0.2, -0.15) is 0 Å². The van der Waals surface area contributed by atoms with E-state index in [0.29, 0.717) is 6.42 Å². The van der Waals surface area contributed by atoms with Crippen LogP contribution >= 0.6 is 0 Å². The van der Waals surface area contributed by atoms with E-state index >= 15 is 0 Å². The zero-order valence-electron chi connectivity index (χ0n) is 11.5. The molecular weight excluding hydrogens is 212 g/mol. The summed E-state index contributed by atoms with van der Waals surface area (Å²) in [7, 11) is 1.63. The van der Waals surface area contributed by atoms with E-state index in [2.05, 4.69) is 13.8 Å². The molecular formula is C15H24O2. The minimum Gasteiger partial charge on any atom is -0.362 e. The molecule has 0 N–H and O–H groups in total. The van der Waals surface area contributed by atoms with Crippen LogP contribution in [0.1, 0.15) is 52.9 Å². The molecule has 2 heteroatoms. The lowest BCUT2D eigenvalue weighted by atomic mass is 9.80. The average Bonchev–Trinajstić information content (AvgIpc) is 2.33. The van der Waals surface area contributed by atoms with Crippen LogP contribution in [0.2, 0.25) is 0 Å². The van der Waals surface area contributed by atoms with Gasteiger partial charge in [0.2, 0.25) is 0 Å². The fraction of sp³-hybridized carbons (Fsp3) is 0.667. The molecule has 0 aromatic heterocycles. The van der Waals surface area contributed by atoms with Crippen molar-refractivity contribution in [2.24, 2.45) is 0 Å². The van der Waals surface area contributed by atoms with Gasteiger partial charge in [0.25, 0.3) is 0 Å². The predicted octanol–water partition coefficient (Wildman–Crippen LogP) is 3.82. The molecule has 1 atom stereocenters. The molecule has 0 saturated carbocycles. The summed E-state index contributed by atoms with van der Waals surface area (Å²) in [5.41, 5.74) is 1.54. The molecule has 0 bridgehead atoms. The van der Waals surface area contributed by atoms with Crippen LogP contribution in [0.3, 0.4) is 0 Å². The summed E-state index contributed by atoms with van der Waals surface area (Å²) in [5.74, 6) is 0.196. The molecule has 0 fully saturated rings. The van der Waals surface area contributed by atoms with Crippen molar-refractivity contribution in [3.05, 3.63) is 23.3 Å². The van der Waals surface area contributed by atoms with E-state index in [0.717, 1.165) is 31.3 Å². The van der Waals surface area contributed by atoms with Crippen LogP contribution in [0, 0.1) is 0 Å². The van der Waals surface area contributed by atoms with Gasteiger partial charge in [-0.05, 0) is 38.3 Å². The number of ketones is 1. The molecule has 1 aliphatic rings. The van der Waals surface area contributed by atoms with E-state index < -0.39 is 5.60 Å². The minimum atomic E-state index is -0.782. The molecule has 1 unspecified atom stereocenters. The maximum absolute atomic E-state index is 12.4. The molecule has 0 aromatic carbocycles. The van der Waals surface area contributed by atoms with Gasteiger partial charge in [0, 0.05) is 13.5 Å². The number of Topliss-reactive ketones (excluding diaryl/α,β-unsaturated/α-hetero) is 1. The van der Waals surface area contributed by atoms with Crippen molar-refractivity contribution in [3.63, 3.8) is 0 Å². The lowest BCUT2D eigenvalue weighted by Crippen LogP contribution is -2.41. The second kappa shape index (κ2) is 6.15. The number of carbonyl (C=O) groups excluding carboxylic acids is 1. The van der Waals surface area contributed by atoms with Crippen LogP contribution < -0.4 is 0 Å². The summed E-state index contributed by atoms with van der Waals surface area (Å²) in [6.07, 6.45) is 8.72. The number of rotatable bonds is 6. The SMILES string of the molecule is CCCCCC(=O)C1(OC)C=CCC(C)=C1C. The molecule has 1 rings (SSSR count). The molecule has 1 aliphatic carbocycles. The van der Waals surface area contributed by atoms with Crippen LogP contribution in [-0.4, -0.2) is 18.5 Å². The molecule has 0 aromatic rings. The molecule has 0 amide bonds. The standard InChI is InChI=1S/C15H24O2/c1-5-6-7-10-14(16)15(17-4)11-8-9-12(2)13(15)3/h8,11H,5-7,9-10H2,1-4H3. The van der Waals surface area contributed by atoms with Crippen LogP contribution in [-0.2, 0) is 9.53 Å². The van der Waals surface area contributed by atoms with Gasteiger partial charge in [-0.3, -0.25) is 4.79 Å². The van der Waals surface area contributed by atoms with Gasteiger partial charge in [0.05, 0.1) is 0 Å². The monoisotopic (exact) mass is 236 g/mol. The Morgan fingerprint density at radius 2 is 2.12 bits per heavy atom. The fourth-order valence-electron chi connectivity index (χ4n) is 2.36. The molecule has 17 heavy (non-hydrogen) atoms. The number of unbranched alkanes of at least 4 members (excludes halogenated alkanes) is 2. The van der Waals surface area contributed by atoms with E-state index in [-0.39, 0.29) is 5.78 Å². The smallest absolute Gasteiger partial charge is 0.172 e. The molecule has 0 saturated heterocycles. The summed E-state index contributed by atoms with van der Waals surface area (Å²) in [6, 6.07) is 0. The van der Waals surface area contributed by atoms with E-state index in [4.69, 9.17) is 4.74 Å². The first-order valence-corrected chi connectivity index (χ1v) is 6.51. The third-order valence-electron chi connectivity index (χ3n) is 3.72. The third-order valence-corrected chi connectivity index (χ3v) is 3.72. The number of hydrogen-bond donors (Lipinski definition) is 0. The first kappa shape index (κ1) is 14.2. The van der Waals surface area contributed by atoms with Crippen molar-refractivity contribution in [3.8, 4) is 0 Å². The van der Waals surface area contributed by atoms with Crippen molar-refractivity contribution in [1.82, 2.24) is 0 Å². The zero-order chi connectivity index (χ0) is 12.9. The number of methoxy groups -OCH3 is 1. The summed E-state index contributed by atoms with van der Waals surface area (Å²) in [4.78, 5) is 12.4. The van der Waals surface area contributed by atoms with E-state index in [1.165, 1.54) is 5.57 Å². The van der Waals surface area contributed by atoms with Gasteiger partial charge in [-0.25, -0.2) is 0 Å². The van der Waals surface area contributed by atoms with Crippen molar-refractivity contribution in [2.75, 3.05) is 7.11 Å². The minimum absolute atomic E-state index is 0.196. The van der Waals surface area contributed by atoms with Gasteiger partial charge in [0.15, 0.2) is 11.4 Å². The molecule has 2 nitrogen and oxygen atoms in total. The van der Waals surface area contributed by atoms with Crippen LogP contribution in [0.25, 0.3) is 0 Å². The van der Waals surface area contributed by atoms with Crippen molar-refractivity contribution < 1.29 is 9.53 Å². The van der Waals surface area contributed by atoms with Crippen LogP contribution in [0.15, 0.2) is 23.3 Å². The molecule has 0 spiro atoms. The molecule has 0 aliphatic heterocycles. The number of hydrogen-bond acceptors (Lipinski definition) is 2. The number of carbonyl (C=O) groups is 1. The molecule has 96 valence electrons. The first-order valence-electron chi connectivity index (χ1n) is 6.51. The van der Waals surface area contributed by atoms with Gasteiger partial charge >= 0.3 is 0 Å². The Kier molecular flexibility index (Phi) is 5.13. The second-order valence-electron chi connectivity index (χ2n) is 4.83. The quantitative estimate of drug-likeness (QED) is 0.517. The van der Waals surface area contributed by atoms with E-state index in [9.17, 15) is 4.79 Å². The maximum Gasteiger partial charge on any atom is 0.172 e. The Labute approximate surface area is 105 Å². The van der Waals surface area contributed by atoms with Gasteiger partial charge in [-0.1, -0.05) is 31.4 Å². The van der Waals surface area contributed by atoms with Crippen molar-refractivity contribution >= 4 is 5.78 Å². The Balaban J connectivity index is 2.84. The number of allylic oxidation sites excluding steroid dienone is 2. The molecule has 0 heterocycles. The van der Waals surface area contributed by atoms with Gasteiger partial charge in [0.1, 0.15) is 0 Å². The zero-order valence-corrected chi connectivity index (χ0v) is 11.5. The van der Waals surface area contributed by atoms with Gasteiger partial charge < -0.3 is 4.74 Å². The second-order valence-corrected chi connectivity index (χ2v) is 4.83. The summed E-state index contributed by atoms with van der Waals surface area (Å²) in [6.45, 7) is 6.23. The lowest BCUT2D eigenvalue weighted by Gasteiger charge is -2.33. The highest BCUT2D eigenvalue weighted by molar-refractivity contribution is 5.93. The molecule has 0 radical (unpaired) electrons. The summed E-state index contributed by atoms with van der Waals surface area (Å²) < 4.78 is 5.56. The fourth-order valence-corrected chi connectivity index (χ4v) is 2.36. The topological polar surface area (TPSA) is 26.3 Å². The van der Waals surface area contributed by atoms with Gasteiger partial charge in [-0.15, -0.1) is 0 Å². The first-order chi connectivity index (χ1) is 8.08. The lowest BCUT2D eigenvalue weighted by molar-refractivity contribution is -0.132. The highest BCUT2D eigenvalue weighted by Crippen LogP contribution is 2.33. The van der Waals surface area contributed by atoms with E-state index in [1.807, 2.05) is 19.1 Å². The third kappa shape index (κ3) is 2.86. The van der Waals surface area contributed by atoms with Crippen LogP contribution in [0.4, 0.5) is 0 Å². The predicted molar refractivity (Wildman–Crippen MR) is 71.0 cm³/mol. The normalized spacial score (nSPS) is 24.2. The van der Waals surface area contributed by atoms with Crippen LogP contribution in [0.5, 0.6) is 0 Å². The van der Waals surface area contributed by atoms with Crippen molar-refractivity contribution in [1.29, 1.82) is 0 Å². The van der Waals surface area contributed by atoms with E-state index in [1.54, 1.807) is 7.11 Å². The largest absolute Gasteiger partial charge is 0.362 e. The maximum atomic E-state index is 12.4. The highest BCUT2D eigenvalue weighted by atomic mass is 16.5. The summed E-state index contributed by atoms with van der Waals surface area (Å²) >= 11 is 0. The highest BCUT2D eigenvalue weighted by Gasteiger charge is 2.38. The van der Waals surface area contributed by atoms with Crippen molar-refractivity contribution in [2.45, 2.75) is 58.5 Å². The Morgan fingerprint density at radius 3 is 2.71 bits per heavy atom. The Morgan fingerprint density at radius 1 is 1.41 bits per heavy atom. The average molecular weight is 236 g/mol. The number of ether oxygens (including phenoxy) is 1. The summed E-state index contributed by atoms with van der Waals surface area (Å²) in [5, 5.41) is 0.